The van der Waals surface area contributed by atoms with Crippen molar-refractivity contribution in [3.63, 3.8) is 0 Å². The molecule has 13 heavy (non-hydrogen) atoms. The third-order valence-corrected chi connectivity index (χ3v) is 3.61. The number of hydrogen-bond acceptors (Lipinski definition) is 3. The second kappa shape index (κ2) is 2.32. The number of aliphatic hydroxyl groups is 1. The summed E-state index contributed by atoms with van der Waals surface area (Å²) in [5.41, 5.74) is 0.105. The molecule has 0 aromatic carbocycles. The molecule has 0 aliphatic heterocycles. The van der Waals surface area contributed by atoms with Gasteiger partial charge in [0.15, 0.2) is 0 Å². The molecule has 70 valence electrons. The zero-order chi connectivity index (χ0) is 8.89. The van der Waals surface area contributed by atoms with Gasteiger partial charge in [0.25, 0.3) is 0 Å². The van der Waals surface area contributed by atoms with Crippen LogP contribution >= 0.6 is 0 Å². The van der Waals surface area contributed by atoms with E-state index in [-0.39, 0.29) is 0 Å². The molecule has 2 aliphatic rings. The van der Waals surface area contributed by atoms with Crippen LogP contribution in [0.4, 0.5) is 0 Å². The Morgan fingerprint density at radius 3 is 2.62 bits per heavy atom. The summed E-state index contributed by atoms with van der Waals surface area (Å²) in [4.78, 5) is 0. The quantitative estimate of drug-likeness (QED) is 0.670. The van der Waals surface area contributed by atoms with Crippen molar-refractivity contribution in [2.75, 3.05) is 0 Å². The molecule has 1 heterocycles. The van der Waals surface area contributed by atoms with Gasteiger partial charge in [0.05, 0.1) is 6.20 Å². The Labute approximate surface area is 76.4 Å². The van der Waals surface area contributed by atoms with Crippen molar-refractivity contribution in [2.45, 2.75) is 31.3 Å². The molecule has 0 radical (unpaired) electrons. The van der Waals surface area contributed by atoms with Gasteiger partial charge in [0, 0.05) is 0 Å². The molecule has 0 saturated heterocycles. The minimum atomic E-state index is -0.635. The van der Waals surface area contributed by atoms with Crippen molar-refractivity contribution in [3.8, 4) is 0 Å². The van der Waals surface area contributed by atoms with Crippen LogP contribution in [0.15, 0.2) is 6.20 Å². The minimum absolute atomic E-state index is 0.450. The van der Waals surface area contributed by atoms with Crippen molar-refractivity contribution in [3.05, 3.63) is 11.9 Å². The second-order valence-electron chi connectivity index (χ2n) is 4.18. The molecule has 4 heteroatoms. The summed E-state index contributed by atoms with van der Waals surface area (Å²) in [5.74, 6) is 0.901. The first-order chi connectivity index (χ1) is 6.33. The molecule has 1 aromatic heterocycles. The predicted octanol–water partition coefficient (Wildman–Crippen LogP) is 0.812. The first-order valence-corrected chi connectivity index (χ1v) is 4.92. The molecular weight excluding hydrogens is 166 g/mol. The van der Waals surface area contributed by atoms with Crippen molar-refractivity contribution in [1.29, 1.82) is 0 Å². The molecule has 3 rings (SSSR count). The van der Waals surface area contributed by atoms with Crippen LogP contribution < -0.4 is 0 Å². The normalized spacial score (nSPS) is 42.8. The fourth-order valence-electron chi connectivity index (χ4n) is 2.87. The van der Waals surface area contributed by atoms with E-state index in [1.54, 1.807) is 6.20 Å². The molecule has 2 N–H and O–H groups in total. The second-order valence-corrected chi connectivity index (χ2v) is 4.18. The van der Waals surface area contributed by atoms with Crippen LogP contribution in [0.5, 0.6) is 0 Å². The van der Waals surface area contributed by atoms with Crippen molar-refractivity contribution >= 4 is 0 Å². The molecule has 2 atom stereocenters. The van der Waals surface area contributed by atoms with Gasteiger partial charge in [-0.25, -0.2) is 0 Å². The first-order valence-electron chi connectivity index (χ1n) is 4.92. The molecule has 2 saturated carbocycles. The summed E-state index contributed by atoms with van der Waals surface area (Å²) in [7, 11) is 0. The fourth-order valence-corrected chi connectivity index (χ4v) is 2.87. The highest BCUT2D eigenvalue weighted by molar-refractivity contribution is 5.24. The maximum absolute atomic E-state index is 10.3. The highest BCUT2D eigenvalue weighted by atomic mass is 16.3. The zero-order valence-electron chi connectivity index (χ0n) is 7.40. The number of H-pyrrole nitrogens is 1. The van der Waals surface area contributed by atoms with Crippen LogP contribution in [-0.4, -0.2) is 20.5 Å². The number of aromatic amines is 1. The molecule has 2 unspecified atom stereocenters. The van der Waals surface area contributed by atoms with E-state index in [1.165, 1.54) is 12.8 Å². The minimum Gasteiger partial charge on any atom is -0.383 e. The van der Waals surface area contributed by atoms with Gasteiger partial charge in [-0.15, -0.1) is 0 Å². The van der Waals surface area contributed by atoms with Gasteiger partial charge in [0.1, 0.15) is 11.3 Å². The average Bonchev–Trinajstić information content (AvgIpc) is 2.62. The number of aromatic nitrogens is 3. The van der Waals surface area contributed by atoms with Gasteiger partial charge in [-0.2, -0.15) is 15.4 Å². The van der Waals surface area contributed by atoms with E-state index in [1.807, 2.05) is 0 Å². The van der Waals surface area contributed by atoms with Crippen LogP contribution in [0.3, 0.4) is 0 Å². The molecule has 4 nitrogen and oxygen atoms in total. The lowest BCUT2D eigenvalue weighted by Gasteiger charge is -2.03. The number of nitrogens with one attached hydrogen (secondary N) is 1. The Bertz CT molecular complexity index is 297. The molecule has 0 spiro atoms. The Morgan fingerprint density at radius 1 is 1.38 bits per heavy atom. The number of fused-ring (bicyclic) bond motifs is 1. The summed E-state index contributed by atoms with van der Waals surface area (Å²) in [6.45, 7) is 0. The Morgan fingerprint density at radius 2 is 2.08 bits per heavy atom. The van der Waals surface area contributed by atoms with E-state index in [9.17, 15) is 5.11 Å². The van der Waals surface area contributed by atoms with Crippen LogP contribution in [0.2, 0.25) is 0 Å². The molecule has 1 aromatic rings. The Hall–Kier alpha value is -0.900. The van der Waals surface area contributed by atoms with Crippen molar-refractivity contribution in [1.82, 2.24) is 15.4 Å². The van der Waals surface area contributed by atoms with E-state index in [2.05, 4.69) is 15.4 Å². The molecule has 2 fully saturated rings. The van der Waals surface area contributed by atoms with Crippen molar-refractivity contribution < 1.29 is 5.11 Å². The predicted molar refractivity (Wildman–Crippen MR) is 45.7 cm³/mol. The fraction of sp³-hybridized carbons (Fsp3) is 0.778. The number of nitrogens with zero attached hydrogens (tertiary/aromatic N) is 2. The SMILES string of the molecule is OC1(c2cn[nH]n2)C2CCCCC21. The molecule has 0 amide bonds. The van der Waals surface area contributed by atoms with E-state index >= 15 is 0 Å². The third-order valence-electron chi connectivity index (χ3n) is 3.61. The summed E-state index contributed by atoms with van der Waals surface area (Å²) >= 11 is 0. The third kappa shape index (κ3) is 0.839. The molecule has 2 aliphatic carbocycles. The first kappa shape index (κ1) is 7.50. The lowest BCUT2D eigenvalue weighted by Crippen LogP contribution is -2.10. The Balaban J connectivity index is 1.92. The van der Waals surface area contributed by atoms with E-state index in [4.69, 9.17) is 0 Å². The highest BCUT2D eigenvalue weighted by Crippen LogP contribution is 2.63. The van der Waals surface area contributed by atoms with Crippen LogP contribution in [0.25, 0.3) is 0 Å². The smallest absolute Gasteiger partial charge is 0.116 e. The summed E-state index contributed by atoms with van der Waals surface area (Å²) in [6, 6.07) is 0. The highest BCUT2D eigenvalue weighted by Gasteiger charge is 2.66. The van der Waals surface area contributed by atoms with Gasteiger partial charge in [0.2, 0.25) is 0 Å². The van der Waals surface area contributed by atoms with Crippen LogP contribution in [0.1, 0.15) is 31.4 Å². The maximum Gasteiger partial charge on any atom is 0.116 e. The van der Waals surface area contributed by atoms with Gasteiger partial charge in [-0.05, 0) is 24.7 Å². The van der Waals surface area contributed by atoms with E-state index in [0.29, 0.717) is 11.8 Å². The number of rotatable bonds is 1. The summed E-state index contributed by atoms with van der Waals surface area (Å²) in [6.07, 6.45) is 6.45. The maximum atomic E-state index is 10.3. The van der Waals surface area contributed by atoms with Gasteiger partial charge in [-0.3, -0.25) is 0 Å². The Kier molecular flexibility index (Phi) is 1.34. The van der Waals surface area contributed by atoms with Crippen molar-refractivity contribution in [2.24, 2.45) is 11.8 Å². The molecular formula is C9H13N3O. The monoisotopic (exact) mass is 179 g/mol. The number of hydrogen-bond donors (Lipinski definition) is 2. The van der Waals surface area contributed by atoms with E-state index < -0.39 is 5.60 Å². The van der Waals surface area contributed by atoms with Gasteiger partial charge < -0.3 is 5.11 Å². The summed E-state index contributed by atoms with van der Waals surface area (Å²) < 4.78 is 0. The van der Waals surface area contributed by atoms with Crippen LogP contribution in [0, 0.1) is 11.8 Å². The largest absolute Gasteiger partial charge is 0.383 e. The topological polar surface area (TPSA) is 61.8 Å². The van der Waals surface area contributed by atoms with E-state index in [0.717, 1.165) is 18.5 Å². The van der Waals surface area contributed by atoms with Gasteiger partial charge >= 0.3 is 0 Å². The zero-order valence-corrected chi connectivity index (χ0v) is 7.40. The lowest BCUT2D eigenvalue weighted by molar-refractivity contribution is 0.113. The average molecular weight is 179 g/mol. The van der Waals surface area contributed by atoms with Crippen LogP contribution in [-0.2, 0) is 5.60 Å². The standard InChI is InChI=1S/C9H13N3O/c13-9(8-5-10-12-11-8)6-3-1-2-4-7(6)9/h5-7,13H,1-4H2,(H,10,11,12). The molecule has 0 bridgehead atoms. The lowest BCUT2D eigenvalue weighted by atomic mass is 10.0. The summed E-state index contributed by atoms with van der Waals surface area (Å²) in [5, 5.41) is 20.6. The van der Waals surface area contributed by atoms with Gasteiger partial charge in [-0.1, -0.05) is 12.8 Å².